The van der Waals surface area contributed by atoms with E-state index in [-0.39, 0.29) is 11.5 Å². The number of rotatable bonds is 1. The molecule has 0 aliphatic rings. The van der Waals surface area contributed by atoms with Gasteiger partial charge in [-0.25, -0.2) is 4.68 Å². The minimum absolute atomic E-state index is 0.197. The molecule has 4 nitrogen and oxygen atoms in total. The zero-order chi connectivity index (χ0) is 15.6. The van der Waals surface area contributed by atoms with E-state index < -0.39 is 0 Å². The van der Waals surface area contributed by atoms with E-state index in [9.17, 15) is 10.2 Å². The van der Waals surface area contributed by atoms with Gasteiger partial charge in [-0.1, -0.05) is 13.8 Å². The van der Waals surface area contributed by atoms with Crippen molar-refractivity contribution < 1.29 is 10.2 Å². The van der Waals surface area contributed by atoms with Crippen molar-refractivity contribution in [3.63, 3.8) is 0 Å². The predicted octanol–water partition coefficient (Wildman–Crippen LogP) is 4.53. The van der Waals surface area contributed by atoms with Crippen LogP contribution in [-0.4, -0.2) is 20.0 Å². The first-order valence-corrected chi connectivity index (χ1v) is 7.53. The second-order valence-electron chi connectivity index (χ2n) is 4.33. The Balaban J connectivity index is 0.000000774. The van der Waals surface area contributed by atoms with Crippen LogP contribution < -0.4 is 0 Å². The first kappa shape index (κ1) is 15.4. The minimum atomic E-state index is 0.197. The van der Waals surface area contributed by atoms with E-state index in [4.69, 9.17) is 0 Å². The molecule has 110 valence electrons. The van der Waals surface area contributed by atoms with Gasteiger partial charge in [0.25, 0.3) is 0 Å². The monoisotopic (exact) mass is 348 g/mol. The van der Waals surface area contributed by atoms with Crippen LogP contribution in [0.5, 0.6) is 11.5 Å². The Morgan fingerprint density at radius 2 is 1.62 bits per heavy atom. The first-order valence-electron chi connectivity index (χ1n) is 6.73. The molecule has 0 bridgehead atoms. The third kappa shape index (κ3) is 2.88. The highest BCUT2D eigenvalue weighted by atomic mass is 79.9. The average molecular weight is 349 g/mol. The summed E-state index contributed by atoms with van der Waals surface area (Å²) in [5.74, 6) is 0.419. The van der Waals surface area contributed by atoms with Crippen LogP contribution in [0.25, 0.3) is 16.6 Å². The van der Waals surface area contributed by atoms with Gasteiger partial charge in [-0.3, -0.25) is 0 Å². The van der Waals surface area contributed by atoms with E-state index in [0.717, 1.165) is 26.8 Å². The lowest BCUT2D eigenvalue weighted by molar-refractivity contribution is 0.474. The summed E-state index contributed by atoms with van der Waals surface area (Å²) in [4.78, 5) is 0. The van der Waals surface area contributed by atoms with Gasteiger partial charge >= 0.3 is 0 Å². The number of phenols is 2. The van der Waals surface area contributed by atoms with Gasteiger partial charge in [0, 0.05) is 15.6 Å². The number of nitrogens with zero attached hydrogens (tertiary/aromatic N) is 2. The molecule has 0 aliphatic heterocycles. The SMILES string of the molecule is CC.Cc1c2cc(O)ccc2nn1-c1ccc(O)cc1Br. The van der Waals surface area contributed by atoms with Crippen molar-refractivity contribution in [1.29, 1.82) is 0 Å². The van der Waals surface area contributed by atoms with Gasteiger partial charge in [0.1, 0.15) is 11.5 Å². The summed E-state index contributed by atoms with van der Waals surface area (Å²) in [5, 5.41) is 24.4. The third-order valence-electron chi connectivity index (χ3n) is 3.05. The molecule has 0 saturated heterocycles. The lowest BCUT2D eigenvalue weighted by Gasteiger charge is -2.07. The van der Waals surface area contributed by atoms with Crippen LogP contribution in [0.15, 0.2) is 40.9 Å². The standard InChI is InChI=1S/C14H11BrN2O2.C2H6/c1-8-11-6-9(18)2-4-13(11)16-17(8)14-5-3-10(19)7-12(14)15;1-2/h2-7,18-19H,1H3;1-2H3. The van der Waals surface area contributed by atoms with Crippen molar-refractivity contribution in [2.24, 2.45) is 0 Å². The number of aryl methyl sites for hydroxylation is 1. The van der Waals surface area contributed by atoms with E-state index in [2.05, 4.69) is 21.0 Å². The van der Waals surface area contributed by atoms with Crippen molar-refractivity contribution in [3.05, 3.63) is 46.6 Å². The van der Waals surface area contributed by atoms with Crippen LogP contribution in [0.4, 0.5) is 0 Å². The maximum atomic E-state index is 9.55. The van der Waals surface area contributed by atoms with Crippen molar-refractivity contribution in [3.8, 4) is 17.2 Å². The zero-order valence-electron chi connectivity index (χ0n) is 12.1. The molecule has 0 radical (unpaired) electrons. The molecule has 0 amide bonds. The fraction of sp³-hybridized carbons (Fsp3) is 0.188. The number of halogens is 1. The van der Waals surface area contributed by atoms with Crippen molar-refractivity contribution in [2.45, 2.75) is 20.8 Å². The fourth-order valence-corrected chi connectivity index (χ4v) is 2.63. The summed E-state index contributed by atoms with van der Waals surface area (Å²) in [7, 11) is 0. The maximum absolute atomic E-state index is 9.55. The Bertz CT molecular complexity index is 781. The Labute approximate surface area is 131 Å². The molecule has 0 unspecified atom stereocenters. The smallest absolute Gasteiger partial charge is 0.116 e. The molecule has 5 heteroatoms. The Morgan fingerprint density at radius 1 is 1.00 bits per heavy atom. The molecular weight excluding hydrogens is 332 g/mol. The Morgan fingerprint density at radius 3 is 2.29 bits per heavy atom. The summed E-state index contributed by atoms with van der Waals surface area (Å²) < 4.78 is 2.54. The van der Waals surface area contributed by atoms with Crippen LogP contribution in [0, 0.1) is 6.92 Å². The summed E-state index contributed by atoms with van der Waals surface area (Å²) in [6, 6.07) is 10.1. The van der Waals surface area contributed by atoms with E-state index in [0.29, 0.717) is 0 Å². The molecule has 0 fully saturated rings. The molecule has 1 heterocycles. The molecule has 0 aliphatic carbocycles. The van der Waals surface area contributed by atoms with E-state index in [1.165, 1.54) is 0 Å². The summed E-state index contributed by atoms with van der Waals surface area (Å²) >= 11 is 3.42. The lowest BCUT2D eigenvalue weighted by atomic mass is 10.2. The van der Waals surface area contributed by atoms with Crippen molar-refractivity contribution in [2.75, 3.05) is 0 Å². The molecule has 2 aromatic carbocycles. The van der Waals surface area contributed by atoms with Gasteiger partial charge in [0.05, 0.1) is 11.2 Å². The molecule has 0 spiro atoms. The molecule has 2 N–H and O–H groups in total. The van der Waals surface area contributed by atoms with E-state index in [1.54, 1.807) is 41.1 Å². The fourth-order valence-electron chi connectivity index (χ4n) is 2.10. The van der Waals surface area contributed by atoms with Crippen LogP contribution in [-0.2, 0) is 0 Å². The predicted molar refractivity (Wildman–Crippen MR) is 88.2 cm³/mol. The number of aromatic hydroxyl groups is 2. The lowest BCUT2D eigenvalue weighted by Crippen LogP contribution is -1.99. The van der Waals surface area contributed by atoms with Gasteiger partial charge in [0.2, 0.25) is 0 Å². The zero-order valence-corrected chi connectivity index (χ0v) is 13.7. The maximum Gasteiger partial charge on any atom is 0.116 e. The number of aromatic nitrogens is 2. The largest absolute Gasteiger partial charge is 0.508 e. The molecule has 0 atom stereocenters. The molecule has 1 aromatic heterocycles. The van der Waals surface area contributed by atoms with Gasteiger partial charge in [0.15, 0.2) is 0 Å². The van der Waals surface area contributed by atoms with Crippen LogP contribution >= 0.6 is 15.9 Å². The van der Waals surface area contributed by atoms with Crippen LogP contribution in [0.2, 0.25) is 0 Å². The Hall–Kier alpha value is -2.01. The molecule has 3 aromatic rings. The highest BCUT2D eigenvalue weighted by Gasteiger charge is 2.12. The summed E-state index contributed by atoms with van der Waals surface area (Å²) in [6.45, 7) is 5.94. The third-order valence-corrected chi connectivity index (χ3v) is 3.69. The number of fused-ring (bicyclic) bond motifs is 1. The second-order valence-corrected chi connectivity index (χ2v) is 5.19. The Kier molecular flexibility index (Phi) is 4.53. The van der Waals surface area contributed by atoms with E-state index >= 15 is 0 Å². The number of benzene rings is 2. The molecular formula is C16H17BrN2O2. The number of hydrogen-bond donors (Lipinski definition) is 2. The van der Waals surface area contributed by atoms with Gasteiger partial charge < -0.3 is 10.2 Å². The molecule has 21 heavy (non-hydrogen) atoms. The van der Waals surface area contributed by atoms with Crippen molar-refractivity contribution >= 4 is 26.8 Å². The second kappa shape index (κ2) is 6.18. The number of hydrogen-bond acceptors (Lipinski definition) is 3. The molecule has 3 rings (SSSR count). The highest BCUT2D eigenvalue weighted by molar-refractivity contribution is 9.10. The van der Waals surface area contributed by atoms with Gasteiger partial charge in [-0.15, -0.1) is 0 Å². The first-order chi connectivity index (χ1) is 10.1. The van der Waals surface area contributed by atoms with Gasteiger partial charge in [-0.2, -0.15) is 5.10 Å². The van der Waals surface area contributed by atoms with Gasteiger partial charge in [-0.05, 0) is 59.3 Å². The average Bonchev–Trinajstić information content (AvgIpc) is 2.78. The number of phenolic OH excluding ortho intramolecular Hbond substituents is 2. The van der Waals surface area contributed by atoms with Crippen molar-refractivity contribution in [1.82, 2.24) is 9.78 Å². The van der Waals surface area contributed by atoms with Crippen LogP contribution in [0.1, 0.15) is 19.5 Å². The minimum Gasteiger partial charge on any atom is -0.508 e. The normalized spacial score (nSPS) is 10.3. The summed E-state index contributed by atoms with van der Waals surface area (Å²) in [5.41, 5.74) is 2.58. The quantitative estimate of drug-likeness (QED) is 0.678. The molecule has 0 saturated carbocycles. The highest BCUT2D eigenvalue weighted by Crippen LogP contribution is 2.29. The summed E-state index contributed by atoms with van der Waals surface area (Å²) in [6.07, 6.45) is 0. The topological polar surface area (TPSA) is 58.3 Å². The van der Waals surface area contributed by atoms with Crippen LogP contribution in [0.3, 0.4) is 0 Å². The van der Waals surface area contributed by atoms with E-state index in [1.807, 2.05) is 20.8 Å².